The Morgan fingerprint density at radius 1 is 1.26 bits per heavy atom. The molecular weight excluding hydrogens is 357 g/mol. The van der Waals surface area contributed by atoms with Crippen molar-refractivity contribution in [3.05, 3.63) is 59.5 Å². The van der Waals surface area contributed by atoms with Crippen molar-refractivity contribution in [1.82, 2.24) is 10.2 Å². The van der Waals surface area contributed by atoms with Crippen LogP contribution in [-0.2, 0) is 11.0 Å². The second-order valence-electron chi connectivity index (χ2n) is 7.01. The molecule has 1 aliphatic rings. The molecule has 2 atom stereocenters. The molecule has 27 heavy (non-hydrogen) atoms. The first-order chi connectivity index (χ1) is 12.8. The summed E-state index contributed by atoms with van der Waals surface area (Å²) in [6.07, 6.45) is -0.936. The van der Waals surface area contributed by atoms with E-state index in [0.29, 0.717) is 11.3 Å². The average molecular weight is 380 g/mol. The number of alkyl halides is 3. The highest BCUT2D eigenvalue weighted by atomic mass is 19.4. The second-order valence-corrected chi connectivity index (χ2v) is 7.01. The number of carbonyl (C=O) groups is 1. The van der Waals surface area contributed by atoms with Gasteiger partial charge >= 0.3 is 6.18 Å². The minimum absolute atomic E-state index is 0.132. The Labute approximate surface area is 156 Å². The zero-order valence-corrected chi connectivity index (χ0v) is 15.3. The molecule has 1 aliphatic carbocycles. The first kappa shape index (κ1) is 19.5. The van der Waals surface area contributed by atoms with Crippen LogP contribution in [0.2, 0.25) is 0 Å². The van der Waals surface area contributed by atoms with Gasteiger partial charge < -0.3 is 9.73 Å². The van der Waals surface area contributed by atoms with Gasteiger partial charge in [-0.15, -0.1) is 0 Å². The van der Waals surface area contributed by atoms with Crippen LogP contribution < -0.4 is 5.32 Å². The smallest absolute Gasteiger partial charge is 0.416 e. The Bertz CT molecular complexity index is 770. The van der Waals surface area contributed by atoms with Crippen molar-refractivity contribution in [2.45, 2.75) is 51.0 Å². The molecule has 2 unspecified atom stereocenters. The van der Waals surface area contributed by atoms with Crippen LogP contribution in [0.15, 0.2) is 47.1 Å². The molecule has 1 saturated carbocycles. The summed E-state index contributed by atoms with van der Waals surface area (Å²) in [7, 11) is 0. The molecule has 1 fully saturated rings. The van der Waals surface area contributed by atoms with Gasteiger partial charge in [-0.05, 0) is 56.5 Å². The van der Waals surface area contributed by atoms with Crippen molar-refractivity contribution >= 4 is 5.91 Å². The Kier molecular flexibility index (Phi) is 5.60. The van der Waals surface area contributed by atoms with Crippen LogP contribution in [0.5, 0.6) is 0 Å². The van der Waals surface area contributed by atoms with Gasteiger partial charge in [0.15, 0.2) is 0 Å². The van der Waals surface area contributed by atoms with Gasteiger partial charge in [-0.3, -0.25) is 9.69 Å². The maximum absolute atomic E-state index is 13.0. The fourth-order valence-electron chi connectivity index (χ4n) is 3.22. The number of hydrogen-bond acceptors (Lipinski definition) is 3. The number of amides is 1. The second kappa shape index (κ2) is 7.76. The molecule has 2 aromatic rings. The normalized spacial score (nSPS) is 17.0. The summed E-state index contributed by atoms with van der Waals surface area (Å²) in [6, 6.07) is 8.54. The molecule has 0 aliphatic heterocycles. The molecule has 0 spiro atoms. The monoisotopic (exact) mass is 380 g/mol. The lowest BCUT2D eigenvalue weighted by Crippen LogP contribution is -2.40. The highest BCUT2D eigenvalue weighted by molar-refractivity contribution is 5.78. The quantitative estimate of drug-likeness (QED) is 0.757. The summed E-state index contributed by atoms with van der Waals surface area (Å²) in [5.41, 5.74) is -0.109. The van der Waals surface area contributed by atoms with Crippen molar-refractivity contribution in [3.63, 3.8) is 0 Å². The topological polar surface area (TPSA) is 45.5 Å². The number of carbonyl (C=O) groups excluding carboxylic acids is 1. The molecule has 1 amide bonds. The van der Waals surface area contributed by atoms with E-state index in [-0.39, 0.29) is 30.6 Å². The molecule has 1 N–H and O–H groups in total. The van der Waals surface area contributed by atoms with E-state index in [2.05, 4.69) is 5.32 Å². The summed E-state index contributed by atoms with van der Waals surface area (Å²) < 4.78 is 44.3. The Morgan fingerprint density at radius 2 is 2.00 bits per heavy atom. The van der Waals surface area contributed by atoms with Gasteiger partial charge in [0.2, 0.25) is 5.91 Å². The minimum Gasteiger partial charge on any atom is -0.467 e. The predicted octanol–water partition coefficient (Wildman–Crippen LogP) is 4.70. The van der Waals surface area contributed by atoms with Gasteiger partial charge in [0.1, 0.15) is 5.76 Å². The molecule has 7 heteroatoms. The maximum atomic E-state index is 13.0. The zero-order chi connectivity index (χ0) is 19.6. The van der Waals surface area contributed by atoms with Gasteiger partial charge in [0.05, 0.1) is 24.4 Å². The summed E-state index contributed by atoms with van der Waals surface area (Å²) in [4.78, 5) is 14.5. The molecule has 4 nitrogen and oxygen atoms in total. The Morgan fingerprint density at radius 3 is 2.59 bits per heavy atom. The van der Waals surface area contributed by atoms with Crippen LogP contribution in [0.4, 0.5) is 13.2 Å². The standard InChI is InChI=1S/C20H23F3N2O2/c1-13(18-7-4-10-27-18)24-19(26)12-25(17-8-9-17)14(2)15-5-3-6-16(11-15)20(21,22)23/h3-7,10-11,13-14,17H,8-9,12H2,1-2H3,(H,24,26). The third-order valence-corrected chi connectivity index (χ3v) is 4.88. The number of halogens is 3. The van der Waals surface area contributed by atoms with E-state index in [1.807, 2.05) is 18.7 Å². The van der Waals surface area contributed by atoms with Crippen LogP contribution in [0, 0.1) is 0 Å². The highest BCUT2D eigenvalue weighted by Crippen LogP contribution is 2.36. The molecular formula is C20H23F3N2O2. The maximum Gasteiger partial charge on any atom is 0.416 e. The third-order valence-electron chi connectivity index (χ3n) is 4.88. The lowest BCUT2D eigenvalue weighted by Gasteiger charge is -2.29. The van der Waals surface area contributed by atoms with Crippen LogP contribution in [0.3, 0.4) is 0 Å². The van der Waals surface area contributed by atoms with Crippen molar-refractivity contribution in [3.8, 4) is 0 Å². The number of benzene rings is 1. The minimum atomic E-state index is -4.38. The van der Waals surface area contributed by atoms with Crippen LogP contribution in [0.25, 0.3) is 0 Å². The first-order valence-corrected chi connectivity index (χ1v) is 9.01. The van der Waals surface area contributed by atoms with Gasteiger partial charge in [-0.25, -0.2) is 0 Å². The molecule has 0 bridgehead atoms. The van der Waals surface area contributed by atoms with E-state index < -0.39 is 11.7 Å². The molecule has 146 valence electrons. The largest absolute Gasteiger partial charge is 0.467 e. The van der Waals surface area contributed by atoms with Crippen molar-refractivity contribution < 1.29 is 22.4 Å². The summed E-state index contributed by atoms with van der Waals surface area (Å²) in [6.45, 7) is 3.80. The highest BCUT2D eigenvalue weighted by Gasteiger charge is 2.36. The molecule has 1 heterocycles. The predicted molar refractivity (Wildman–Crippen MR) is 94.9 cm³/mol. The SMILES string of the molecule is CC(NC(=O)CN(C1CC1)C(C)c1cccc(C(F)(F)F)c1)c1ccco1. The number of rotatable bonds is 7. The van der Waals surface area contributed by atoms with Gasteiger partial charge in [0, 0.05) is 12.1 Å². The van der Waals surface area contributed by atoms with Crippen LogP contribution in [-0.4, -0.2) is 23.4 Å². The fraction of sp³-hybridized carbons (Fsp3) is 0.450. The number of furan rings is 1. The summed E-state index contributed by atoms with van der Waals surface area (Å²) in [5.74, 6) is 0.483. The van der Waals surface area contributed by atoms with Gasteiger partial charge in [-0.1, -0.05) is 12.1 Å². The van der Waals surface area contributed by atoms with E-state index in [0.717, 1.165) is 18.9 Å². The van der Waals surface area contributed by atoms with Crippen LogP contribution >= 0.6 is 0 Å². The Hall–Kier alpha value is -2.28. The van der Waals surface area contributed by atoms with Gasteiger partial charge in [0.25, 0.3) is 0 Å². The van der Waals surface area contributed by atoms with E-state index in [9.17, 15) is 18.0 Å². The van der Waals surface area contributed by atoms with Crippen LogP contribution in [0.1, 0.15) is 55.7 Å². The van der Waals surface area contributed by atoms with Crippen molar-refractivity contribution in [2.75, 3.05) is 6.54 Å². The lowest BCUT2D eigenvalue weighted by atomic mass is 10.0. The Balaban J connectivity index is 1.69. The number of hydrogen-bond donors (Lipinski definition) is 1. The molecule has 3 rings (SSSR count). The zero-order valence-electron chi connectivity index (χ0n) is 15.3. The number of nitrogens with zero attached hydrogens (tertiary/aromatic N) is 1. The summed E-state index contributed by atoms with van der Waals surface area (Å²) in [5, 5.41) is 2.88. The van der Waals surface area contributed by atoms with E-state index in [1.54, 1.807) is 24.5 Å². The fourth-order valence-corrected chi connectivity index (χ4v) is 3.22. The molecule has 1 aromatic carbocycles. The average Bonchev–Trinajstić information content (AvgIpc) is 3.31. The van der Waals surface area contributed by atoms with Gasteiger partial charge in [-0.2, -0.15) is 13.2 Å². The molecule has 0 saturated heterocycles. The van der Waals surface area contributed by atoms with E-state index in [4.69, 9.17) is 4.42 Å². The number of nitrogens with one attached hydrogen (secondary N) is 1. The van der Waals surface area contributed by atoms with Crippen molar-refractivity contribution in [1.29, 1.82) is 0 Å². The molecule has 1 aromatic heterocycles. The van der Waals surface area contributed by atoms with E-state index in [1.165, 1.54) is 12.1 Å². The lowest BCUT2D eigenvalue weighted by molar-refractivity contribution is -0.137. The third kappa shape index (κ3) is 4.91. The molecule has 0 radical (unpaired) electrons. The summed E-state index contributed by atoms with van der Waals surface area (Å²) >= 11 is 0. The van der Waals surface area contributed by atoms with E-state index >= 15 is 0 Å². The first-order valence-electron chi connectivity index (χ1n) is 9.01. The van der Waals surface area contributed by atoms with Crippen molar-refractivity contribution in [2.24, 2.45) is 0 Å².